The standard InChI is InChI=1S/C36H45N7O22/c1-10-55-35(52)36(43(53)54,25-11-41(39-37-25)33-31(62-21(8)50)29(60-19(6)48)27(58-17(4)46)23(64-33)13-56-15(2)44)26-12-42(40-38-26)34-32(63-22(9)51)30(61-20(7)49)28(59-18(5)47)24(65-34)14-57-16(3)45/h11-12,23-24,27-34H,10,13-14H2,1-9H3/t23-,24-,27-,28-,29+,30+,31+,32+,33-,34-/m1/s1. The molecule has 0 N–H and O–H groups in total. The molecule has 2 saturated heterocycles. The summed E-state index contributed by atoms with van der Waals surface area (Å²) in [6.07, 6.45) is -15.2. The normalized spacial score (nSPS) is 25.1. The summed E-state index contributed by atoms with van der Waals surface area (Å²) < 4.78 is 61.5. The molecule has 0 aromatic carbocycles. The first-order valence-electron chi connectivity index (χ1n) is 19.3. The summed E-state index contributed by atoms with van der Waals surface area (Å²) in [6.45, 7) is 7.57. The molecule has 0 radical (unpaired) electrons. The molecule has 10 atom stereocenters. The number of nitro groups is 1. The molecule has 2 aliphatic rings. The van der Waals surface area contributed by atoms with Gasteiger partial charge in [0, 0.05) is 55.4 Å². The average Bonchev–Trinajstić information content (AvgIpc) is 3.87. The predicted molar refractivity (Wildman–Crippen MR) is 199 cm³/mol. The Hall–Kier alpha value is -7.17. The lowest BCUT2D eigenvalue weighted by atomic mass is 9.92. The van der Waals surface area contributed by atoms with E-state index < -0.39 is 157 Å². The molecule has 2 aromatic heterocycles. The maximum atomic E-state index is 14.0. The van der Waals surface area contributed by atoms with E-state index in [2.05, 4.69) is 20.6 Å². The van der Waals surface area contributed by atoms with Crippen LogP contribution in [0.2, 0.25) is 0 Å². The second kappa shape index (κ2) is 21.5. The monoisotopic (exact) mass is 927 g/mol. The molecule has 356 valence electrons. The Morgan fingerprint density at radius 2 is 0.877 bits per heavy atom. The summed E-state index contributed by atoms with van der Waals surface area (Å²) in [7, 11) is 0. The van der Waals surface area contributed by atoms with Crippen LogP contribution in [0.4, 0.5) is 0 Å². The second-order valence-corrected chi connectivity index (χ2v) is 14.0. The van der Waals surface area contributed by atoms with E-state index in [4.69, 9.17) is 52.1 Å². The van der Waals surface area contributed by atoms with Crippen molar-refractivity contribution in [1.82, 2.24) is 30.0 Å². The third-order valence-electron chi connectivity index (χ3n) is 9.06. The van der Waals surface area contributed by atoms with Gasteiger partial charge in [-0.1, -0.05) is 10.4 Å². The maximum absolute atomic E-state index is 14.0. The van der Waals surface area contributed by atoms with Gasteiger partial charge in [0.15, 0.2) is 60.5 Å². The van der Waals surface area contributed by atoms with Crippen LogP contribution in [-0.4, -0.2) is 157 Å². The Morgan fingerprint density at radius 3 is 1.17 bits per heavy atom. The Balaban J connectivity index is 1.93. The van der Waals surface area contributed by atoms with E-state index in [0.717, 1.165) is 77.1 Å². The van der Waals surface area contributed by atoms with Gasteiger partial charge in [-0.25, -0.2) is 14.2 Å². The Labute approximate surface area is 366 Å². The predicted octanol–water partition coefficient (Wildman–Crippen LogP) is -1.54. The molecular formula is C36H45N7O22. The van der Waals surface area contributed by atoms with Crippen LogP contribution in [0.15, 0.2) is 12.4 Å². The van der Waals surface area contributed by atoms with Crippen molar-refractivity contribution in [1.29, 1.82) is 0 Å². The SMILES string of the molecule is CCOC(=O)C(c1cn([C@@H]2O[C@H](COC(C)=O)[C@@H](OC(C)=O)[C@H](OC(C)=O)[C@@H]2OC(C)=O)nn1)(c1cn([C@@H]2O[C@H](COC(C)=O)[C@@H](OC(C)=O)[C@H](OC(C)=O)[C@@H]2OC(C)=O)nn1)[N+](=O)[O-]. The molecule has 2 fully saturated rings. The molecule has 0 spiro atoms. The van der Waals surface area contributed by atoms with Crippen LogP contribution in [-0.2, 0) is 101 Å². The molecule has 29 heteroatoms. The topological polar surface area (TPSA) is 360 Å². The molecule has 0 bridgehead atoms. The van der Waals surface area contributed by atoms with Gasteiger partial charge in [-0.3, -0.25) is 48.5 Å². The van der Waals surface area contributed by atoms with E-state index in [0.29, 0.717) is 0 Å². The van der Waals surface area contributed by atoms with Crippen LogP contribution in [0, 0.1) is 10.1 Å². The first-order valence-corrected chi connectivity index (χ1v) is 19.3. The van der Waals surface area contributed by atoms with Crippen molar-refractivity contribution in [3.05, 3.63) is 33.9 Å². The van der Waals surface area contributed by atoms with Crippen LogP contribution < -0.4 is 0 Å². The van der Waals surface area contributed by atoms with Crippen molar-refractivity contribution in [2.24, 2.45) is 0 Å². The van der Waals surface area contributed by atoms with E-state index in [1.165, 1.54) is 6.92 Å². The lowest BCUT2D eigenvalue weighted by molar-refractivity contribution is -0.553. The number of esters is 9. The van der Waals surface area contributed by atoms with Gasteiger partial charge in [-0.15, -0.1) is 10.2 Å². The summed E-state index contributed by atoms with van der Waals surface area (Å²) in [5, 5.41) is 29.0. The minimum Gasteiger partial charge on any atom is -0.463 e. The highest BCUT2D eigenvalue weighted by atomic mass is 16.7. The van der Waals surface area contributed by atoms with Gasteiger partial charge in [-0.2, -0.15) is 0 Å². The van der Waals surface area contributed by atoms with Crippen molar-refractivity contribution < 1.29 is 100 Å². The molecule has 29 nitrogen and oxygen atoms in total. The number of hydrogen-bond donors (Lipinski definition) is 0. The number of nitrogens with zero attached hydrogens (tertiary/aromatic N) is 7. The molecule has 0 aliphatic carbocycles. The highest BCUT2D eigenvalue weighted by Crippen LogP contribution is 2.39. The molecular weight excluding hydrogens is 882 g/mol. The van der Waals surface area contributed by atoms with Gasteiger partial charge in [0.05, 0.1) is 23.9 Å². The smallest absolute Gasteiger partial charge is 0.406 e. The number of ether oxygens (including phenoxy) is 11. The lowest BCUT2D eigenvalue weighted by Crippen LogP contribution is -2.60. The van der Waals surface area contributed by atoms with Gasteiger partial charge < -0.3 is 52.1 Å². The number of rotatable bonds is 17. The molecule has 4 heterocycles. The molecule has 2 aliphatic heterocycles. The minimum absolute atomic E-state index is 0.448. The van der Waals surface area contributed by atoms with Gasteiger partial charge in [-0.05, 0) is 6.92 Å². The highest BCUT2D eigenvalue weighted by Gasteiger charge is 2.63. The fourth-order valence-corrected chi connectivity index (χ4v) is 6.81. The van der Waals surface area contributed by atoms with Crippen LogP contribution >= 0.6 is 0 Å². The fourth-order valence-electron chi connectivity index (χ4n) is 6.81. The van der Waals surface area contributed by atoms with E-state index >= 15 is 0 Å². The molecule has 0 amide bonds. The third-order valence-corrected chi connectivity index (χ3v) is 9.06. The van der Waals surface area contributed by atoms with Crippen LogP contribution in [0.3, 0.4) is 0 Å². The number of aromatic nitrogens is 6. The molecule has 0 unspecified atom stereocenters. The zero-order valence-corrected chi connectivity index (χ0v) is 36.2. The van der Waals surface area contributed by atoms with Gasteiger partial charge in [0.2, 0.25) is 0 Å². The minimum atomic E-state index is -3.30. The van der Waals surface area contributed by atoms with Gasteiger partial charge in [0.25, 0.3) is 0 Å². The fraction of sp³-hybridized carbons (Fsp3) is 0.639. The maximum Gasteiger partial charge on any atom is 0.406 e. The second-order valence-electron chi connectivity index (χ2n) is 14.0. The number of hydrogen-bond acceptors (Lipinski definition) is 26. The molecule has 65 heavy (non-hydrogen) atoms. The van der Waals surface area contributed by atoms with E-state index in [9.17, 15) is 53.3 Å². The largest absolute Gasteiger partial charge is 0.463 e. The average molecular weight is 928 g/mol. The number of carbonyl (C=O) groups is 9. The summed E-state index contributed by atoms with van der Waals surface area (Å²) in [4.78, 5) is 124. The zero-order chi connectivity index (χ0) is 48.5. The lowest BCUT2D eigenvalue weighted by Gasteiger charge is -2.44. The first kappa shape index (κ1) is 50.5. The zero-order valence-electron chi connectivity index (χ0n) is 36.2. The van der Waals surface area contributed by atoms with Crippen molar-refractivity contribution in [3.8, 4) is 0 Å². The summed E-state index contributed by atoms with van der Waals surface area (Å²) in [6, 6.07) is 0. The molecule has 0 saturated carbocycles. The summed E-state index contributed by atoms with van der Waals surface area (Å²) in [5.41, 5.74) is -5.02. The molecule has 2 aromatic rings. The summed E-state index contributed by atoms with van der Waals surface area (Å²) in [5.74, 6) is -9.02. The van der Waals surface area contributed by atoms with Crippen LogP contribution in [0.25, 0.3) is 0 Å². The first-order chi connectivity index (χ1) is 30.5. The van der Waals surface area contributed by atoms with E-state index in [-0.39, 0.29) is 0 Å². The van der Waals surface area contributed by atoms with Crippen molar-refractivity contribution in [3.63, 3.8) is 0 Å². The van der Waals surface area contributed by atoms with Crippen LogP contribution in [0.1, 0.15) is 86.2 Å². The summed E-state index contributed by atoms with van der Waals surface area (Å²) >= 11 is 0. The van der Waals surface area contributed by atoms with Gasteiger partial charge >= 0.3 is 59.3 Å². The van der Waals surface area contributed by atoms with E-state index in [1.807, 2.05) is 0 Å². The van der Waals surface area contributed by atoms with Gasteiger partial charge in [0.1, 0.15) is 25.4 Å². The highest BCUT2D eigenvalue weighted by molar-refractivity contribution is 5.84. The van der Waals surface area contributed by atoms with Crippen molar-refractivity contribution in [2.75, 3.05) is 19.8 Å². The molecule has 4 rings (SSSR count). The van der Waals surface area contributed by atoms with Crippen LogP contribution in [0.5, 0.6) is 0 Å². The quantitative estimate of drug-likeness (QED) is 0.0751. The number of carbonyl (C=O) groups excluding carboxylic acids is 9. The third kappa shape index (κ3) is 11.9. The van der Waals surface area contributed by atoms with Crippen molar-refractivity contribution >= 4 is 53.7 Å². The Morgan fingerprint density at radius 1 is 0.554 bits per heavy atom. The Kier molecular flexibility index (Phi) is 16.7. The van der Waals surface area contributed by atoms with Crippen molar-refractivity contribution in [2.45, 2.75) is 129 Å². The Bertz CT molecular complexity index is 2030. The van der Waals surface area contributed by atoms with E-state index in [1.54, 1.807) is 0 Å².